The van der Waals surface area contributed by atoms with Gasteiger partial charge in [-0.3, -0.25) is 24.0 Å². The average molecular weight is 958 g/mol. The third-order valence-corrected chi connectivity index (χ3v) is 12.8. The van der Waals surface area contributed by atoms with Crippen molar-refractivity contribution in [3.63, 3.8) is 0 Å². The Hall–Kier alpha value is -4.71. The van der Waals surface area contributed by atoms with Gasteiger partial charge in [-0.25, -0.2) is 0 Å². The summed E-state index contributed by atoms with van der Waals surface area (Å²) in [6.45, 7) is 5.01. The lowest BCUT2D eigenvalue weighted by Gasteiger charge is -2.50. The van der Waals surface area contributed by atoms with Gasteiger partial charge in [-0.05, 0) is 73.0 Å². The van der Waals surface area contributed by atoms with Crippen LogP contribution in [0.25, 0.3) is 0 Å². The Kier molecular flexibility index (Phi) is 12.6. The van der Waals surface area contributed by atoms with E-state index in [0.717, 1.165) is 14.7 Å². The molecule has 8 atom stereocenters. The highest BCUT2D eigenvalue weighted by molar-refractivity contribution is 14.1. The molecule has 326 valence electrons. The van der Waals surface area contributed by atoms with Gasteiger partial charge in [0.05, 0.1) is 19.2 Å². The number of carbonyl (C=O) groups is 4. The van der Waals surface area contributed by atoms with Crippen molar-refractivity contribution in [3.8, 4) is 0 Å². The molecule has 2 amide bonds. The molecule has 4 aromatic carbocycles. The van der Waals surface area contributed by atoms with E-state index < -0.39 is 89.7 Å². The van der Waals surface area contributed by atoms with Crippen LogP contribution in [0.2, 0.25) is 0 Å². The van der Waals surface area contributed by atoms with Crippen molar-refractivity contribution in [2.24, 2.45) is 5.41 Å². The van der Waals surface area contributed by atoms with Gasteiger partial charge in [-0.2, -0.15) is 5.06 Å². The van der Waals surface area contributed by atoms with Gasteiger partial charge in [0, 0.05) is 41.0 Å². The number of esters is 2. The maximum absolute atomic E-state index is 15.8. The molecule has 0 unspecified atom stereocenters. The van der Waals surface area contributed by atoms with Crippen molar-refractivity contribution < 1.29 is 48.1 Å². The van der Waals surface area contributed by atoms with E-state index in [9.17, 15) is 19.5 Å². The number of hydrogen-bond donors (Lipinski definition) is 2. The van der Waals surface area contributed by atoms with Gasteiger partial charge in [-0.15, -0.1) is 0 Å². The molecule has 1 aliphatic carbocycles. The number of nitrogens with one attached hydrogen (secondary N) is 1. The number of nitrogens with zero attached hydrogens (tertiary/aromatic N) is 2. The minimum absolute atomic E-state index is 0.0391. The first-order chi connectivity index (χ1) is 29.7. The predicted molar refractivity (Wildman–Crippen MR) is 235 cm³/mol. The van der Waals surface area contributed by atoms with Crippen molar-refractivity contribution in [2.75, 3.05) is 13.7 Å². The van der Waals surface area contributed by atoms with E-state index in [2.05, 4.69) is 27.9 Å². The molecule has 0 aromatic heterocycles. The van der Waals surface area contributed by atoms with Crippen LogP contribution in [0.5, 0.6) is 0 Å². The van der Waals surface area contributed by atoms with Gasteiger partial charge in [0.15, 0.2) is 6.04 Å². The number of likely N-dealkylation sites (N-methyl/N-ethyl adjacent to an activating group) is 1. The fraction of sp³-hybridized carbons (Fsp3) is 0.417. The van der Waals surface area contributed by atoms with E-state index in [1.54, 1.807) is 32.9 Å². The van der Waals surface area contributed by atoms with Crippen LogP contribution in [0.1, 0.15) is 62.3 Å². The number of aliphatic hydroxyl groups excluding tert-OH is 1. The van der Waals surface area contributed by atoms with Crippen molar-refractivity contribution >= 4 is 46.3 Å². The molecule has 2 bridgehead atoms. The van der Waals surface area contributed by atoms with Crippen LogP contribution in [0.15, 0.2) is 115 Å². The van der Waals surface area contributed by atoms with Crippen LogP contribution >= 0.6 is 22.6 Å². The number of aliphatic hydroxyl groups is 1. The Labute approximate surface area is 375 Å². The molecule has 62 heavy (non-hydrogen) atoms. The number of hydrogen-bond acceptors (Lipinski definition) is 11. The molecule has 0 spiro atoms. The van der Waals surface area contributed by atoms with Crippen LogP contribution in [0.4, 0.5) is 0 Å². The largest absolute Gasteiger partial charge is 0.460 e. The summed E-state index contributed by atoms with van der Waals surface area (Å²) in [6, 6.07) is 33.0. The highest BCUT2D eigenvalue weighted by Crippen LogP contribution is 2.59. The summed E-state index contributed by atoms with van der Waals surface area (Å²) in [5.74, 6) is -3.57. The minimum atomic E-state index is -1.59. The third-order valence-electron chi connectivity index (χ3n) is 12.1. The maximum atomic E-state index is 15.8. The van der Waals surface area contributed by atoms with Crippen molar-refractivity contribution in [3.05, 3.63) is 141 Å². The average Bonchev–Trinajstić information content (AvgIpc) is 3.84. The Morgan fingerprint density at radius 2 is 1.52 bits per heavy atom. The van der Waals surface area contributed by atoms with Crippen LogP contribution in [-0.2, 0) is 61.7 Å². The zero-order chi connectivity index (χ0) is 43.8. The fourth-order valence-electron chi connectivity index (χ4n) is 9.39. The van der Waals surface area contributed by atoms with Crippen LogP contribution < -0.4 is 5.32 Å². The smallest absolute Gasteiger partial charge is 0.327 e. The van der Waals surface area contributed by atoms with Crippen LogP contribution in [0, 0.1) is 8.99 Å². The first-order valence-corrected chi connectivity index (χ1v) is 22.1. The molecule has 14 heteroatoms. The molecule has 13 nitrogen and oxygen atoms in total. The molecule has 3 saturated heterocycles. The number of carbonyl (C=O) groups excluding carboxylic acids is 4. The summed E-state index contributed by atoms with van der Waals surface area (Å²) in [5, 5.41) is 14.8. The summed E-state index contributed by atoms with van der Waals surface area (Å²) < 4.78 is 26.9. The Morgan fingerprint density at radius 1 is 0.903 bits per heavy atom. The van der Waals surface area contributed by atoms with E-state index in [1.165, 1.54) is 4.90 Å². The number of fused-ring (bicyclic) bond motifs is 4. The highest BCUT2D eigenvalue weighted by Gasteiger charge is 2.77. The SMILES string of the molecule is CN(C(=O)[C@@]12C[C@H]3OC(=O)[C@@H]1N(Cc1cccc(I)c1)O[C@@H]2[C@H]1OC(c2ccccc2)(c2ccccc2)O[C@H]13)[C@H](Cc1ccccc1)C(=O)N[C@H](CO)CCC(=O)OC(C)(C)C. The highest BCUT2D eigenvalue weighted by atomic mass is 127. The summed E-state index contributed by atoms with van der Waals surface area (Å²) in [5.41, 5.74) is 0.787. The molecular formula is C48H52IN3O10. The molecule has 3 heterocycles. The lowest BCUT2D eigenvalue weighted by molar-refractivity contribution is -0.214. The molecule has 4 aliphatic rings. The Balaban J connectivity index is 1.17. The Morgan fingerprint density at radius 3 is 2.13 bits per heavy atom. The number of amides is 2. The Bertz CT molecular complexity index is 2220. The summed E-state index contributed by atoms with van der Waals surface area (Å²) in [4.78, 5) is 65.9. The number of hydroxylamine groups is 2. The van der Waals surface area contributed by atoms with Crippen LogP contribution in [-0.4, -0.2) is 101 Å². The molecule has 0 radical (unpaired) electrons. The number of benzene rings is 4. The predicted octanol–water partition coefficient (Wildman–Crippen LogP) is 5.45. The second-order valence-electron chi connectivity index (χ2n) is 17.5. The molecule has 8 rings (SSSR count). The lowest BCUT2D eigenvalue weighted by Crippen LogP contribution is -2.70. The summed E-state index contributed by atoms with van der Waals surface area (Å²) >= 11 is 2.23. The first-order valence-electron chi connectivity index (χ1n) is 21.0. The third kappa shape index (κ3) is 8.52. The standard InChI is InChI=1S/C48H52IN3O10/c1-46(2,3)59-38(54)24-23-35(29-53)50-43(55)36(26-30-15-8-5-9-16-30)51(4)45(57)47-27-37-39-40(61-48(60-39,32-18-10-6-11-19-32)33-20-12-7-13-21-33)42(47)62-52(41(47)44(56)58-37)28-31-17-14-22-34(49)25-31/h5-22,25,35-37,39-42,53H,23-24,26-29H2,1-4H3,(H,50,55)/t35-,36+,37+,39-,40-,41-,42+,47-/m0/s1. The second kappa shape index (κ2) is 17.8. The van der Waals surface area contributed by atoms with E-state index in [-0.39, 0.29) is 32.2 Å². The van der Waals surface area contributed by atoms with Gasteiger partial charge < -0.3 is 34.3 Å². The second-order valence-corrected chi connectivity index (χ2v) is 18.7. The first kappa shape index (κ1) is 43.9. The van der Waals surface area contributed by atoms with E-state index in [1.807, 2.05) is 115 Å². The van der Waals surface area contributed by atoms with Gasteiger partial charge in [0.25, 0.3) is 0 Å². The molecule has 4 fully saturated rings. The zero-order valence-electron chi connectivity index (χ0n) is 35.1. The number of rotatable bonds is 14. The fourth-order valence-corrected chi connectivity index (χ4v) is 10.00. The number of ether oxygens (including phenoxy) is 4. The van der Waals surface area contributed by atoms with Crippen LogP contribution in [0.3, 0.4) is 0 Å². The van der Waals surface area contributed by atoms with Gasteiger partial charge >= 0.3 is 11.9 Å². The summed E-state index contributed by atoms with van der Waals surface area (Å²) in [7, 11) is 1.56. The van der Waals surface area contributed by atoms with E-state index in [0.29, 0.717) is 11.1 Å². The monoisotopic (exact) mass is 957 g/mol. The zero-order valence-corrected chi connectivity index (χ0v) is 37.3. The molecule has 3 aliphatic heterocycles. The van der Waals surface area contributed by atoms with Crippen molar-refractivity contribution in [1.29, 1.82) is 0 Å². The lowest BCUT2D eigenvalue weighted by atomic mass is 9.62. The topological polar surface area (TPSA) is 153 Å². The van der Waals surface area contributed by atoms with Gasteiger partial charge in [-0.1, -0.05) is 103 Å². The molecule has 4 aromatic rings. The molecule has 1 saturated carbocycles. The van der Waals surface area contributed by atoms with Gasteiger partial charge in [0.2, 0.25) is 17.6 Å². The van der Waals surface area contributed by atoms with E-state index in [4.69, 9.17) is 23.8 Å². The van der Waals surface area contributed by atoms with Gasteiger partial charge in [0.1, 0.15) is 41.5 Å². The van der Waals surface area contributed by atoms with Crippen molar-refractivity contribution in [1.82, 2.24) is 15.3 Å². The number of halogens is 1. The van der Waals surface area contributed by atoms with E-state index >= 15 is 4.79 Å². The molecular weight excluding hydrogens is 905 g/mol. The minimum Gasteiger partial charge on any atom is -0.460 e. The van der Waals surface area contributed by atoms with Crippen molar-refractivity contribution in [2.45, 2.75) is 107 Å². The normalized spacial score (nSPS) is 25.8. The molecule has 2 N–H and O–H groups in total. The quantitative estimate of drug-likeness (QED) is 0.123. The summed E-state index contributed by atoms with van der Waals surface area (Å²) in [6.07, 6.45) is -3.46. The maximum Gasteiger partial charge on any atom is 0.327 e.